The Bertz CT molecular complexity index is 928. The van der Waals surface area contributed by atoms with Gasteiger partial charge < -0.3 is 19.3 Å². The van der Waals surface area contributed by atoms with Crippen molar-refractivity contribution < 1.29 is 19.1 Å². The summed E-state index contributed by atoms with van der Waals surface area (Å²) in [4.78, 5) is 32.3. The van der Waals surface area contributed by atoms with Gasteiger partial charge in [0.1, 0.15) is 25.5 Å². The summed E-state index contributed by atoms with van der Waals surface area (Å²) < 4.78 is 12.7. The Hall–Kier alpha value is -3.61. The Morgan fingerprint density at radius 3 is 2.57 bits per heavy atom. The Kier molecular flexibility index (Phi) is 4.80. The number of nitrogens with zero attached hydrogens (tertiary/aromatic N) is 6. The number of hydrogen-bond donors (Lipinski definition) is 0. The number of fused-ring (bicyclic) bond motifs is 1. The van der Waals surface area contributed by atoms with Crippen LogP contribution < -0.4 is 9.47 Å². The summed E-state index contributed by atoms with van der Waals surface area (Å²) in [5.41, 5.74) is 0. The molecule has 0 bridgehead atoms. The van der Waals surface area contributed by atoms with Crippen molar-refractivity contribution >= 4 is 11.8 Å². The van der Waals surface area contributed by atoms with Crippen LogP contribution in [-0.2, 0) is 16.1 Å². The van der Waals surface area contributed by atoms with E-state index in [0.29, 0.717) is 37.7 Å². The Balaban J connectivity index is 1.29. The number of amides is 2. The summed E-state index contributed by atoms with van der Waals surface area (Å²) >= 11 is 0. The second kappa shape index (κ2) is 7.56. The van der Waals surface area contributed by atoms with Crippen LogP contribution in [0, 0.1) is 11.3 Å². The van der Waals surface area contributed by atoms with Gasteiger partial charge in [-0.25, -0.2) is 9.67 Å². The zero-order valence-corrected chi connectivity index (χ0v) is 15.0. The molecule has 1 aromatic carbocycles. The first-order chi connectivity index (χ1) is 13.6. The summed E-state index contributed by atoms with van der Waals surface area (Å²) in [6.07, 6.45) is 0.672. The van der Waals surface area contributed by atoms with Crippen LogP contribution in [0.25, 0.3) is 0 Å². The molecule has 0 aliphatic carbocycles. The highest BCUT2D eigenvalue weighted by Gasteiger charge is 2.33. The number of aromatic nitrogens is 3. The average molecular weight is 382 g/mol. The molecule has 10 heteroatoms. The maximum absolute atomic E-state index is 12.7. The fraction of sp³-hybridized carbons (Fsp3) is 0.389. The van der Waals surface area contributed by atoms with Gasteiger partial charge in [0.2, 0.25) is 12.0 Å². The molecular formula is C18H18N6O4. The third-order valence-electron chi connectivity index (χ3n) is 4.66. The lowest BCUT2D eigenvalue weighted by atomic mass is 10.2. The number of piperazine rings is 1. The fourth-order valence-corrected chi connectivity index (χ4v) is 3.18. The molecule has 2 aliphatic heterocycles. The quantitative estimate of drug-likeness (QED) is 0.713. The minimum absolute atomic E-state index is 0.0129. The molecule has 2 aliphatic rings. The van der Waals surface area contributed by atoms with Gasteiger partial charge >= 0.3 is 0 Å². The molecule has 0 N–H and O–H groups in total. The number of nitriles is 1. The predicted octanol–water partition coefficient (Wildman–Crippen LogP) is -0.339. The minimum atomic E-state index is -0.684. The van der Waals surface area contributed by atoms with Crippen LogP contribution in [0.2, 0.25) is 0 Å². The molecule has 0 radical (unpaired) electrons. The Labute approximate surface area is 160 Å². The Morgan fingerprint density at radius 2 is 1.86 bits per heavy atom. The van der Waals surface area contributed by atoms with E-state index in [4.69, 9.17) is 14.7 Å². The van der Waals surface area contributed by atoms with Crippen LogP contribution in [0.5, 0.6) is 11.5 Å². The molecule has 1 unspecified atom stereocenters. The minimum Gasteiger partial charge on any atom is -0.485 e. The van der Waals surface area contributed by atoms with E-state index in [0.717, 1.165) is 0 Å². The van der Waals surface area contributed by atoms with Crippen molar-refractivity contribution in [3.8, 4) is 17.6 Å². The molecule has 4 rings (SSSR count). The summed E-state index contributed by atoms with van der Waals surface area (Å²) in [6.45, 7) is 1.88. The molecule has 1 fully saturated rings. The molecule has 0 spiro atoms. The largest absolute Gasteiger partial charge is 0.485 e. The van der Waals surface area contributed by atoms with Crippen molar-refractivity contribution in [1.29, 1.82) is 5.26 Å². The van der Waals surface area contributed by atoms with E-state index in [9.17, 15) is 9.59 Å². The van der Waals surface area contributed by atoms with E-state index in [1.54, 1.807) is 21.9 Å². The first-order valence-electron chi connectivity index (χ1n) is 8.88. The molecule has 3 heterocycles. The van der Waals surface area contributed by atoms with Crippen molar-refractivity contribution in [2.45, 2.75) is 12.6 Å². The van der Waals surface area contributed by atoms with Crippen LogP contribution in [0.3, 0.4) is 0 Å². The van der Waals surface area contributed by atoms with Crippen molar-refractivity contribution in [2.75, 3.05) is 32.8 Å². The monoisotopic (exact) mass is 382 g/mol. The van der Waals surface area contributed by atoms with E-state index < -0.39 is 6.10 Å². The molecule has 0 saturated carbocycles. The second-order valence-corrected chi connectivity index (χ2v) is 6.45. The summed E-state index contributed by atoms with van der Waals surface area (Å²) in [6, 6.07) is 9.07. The van der Waals surface area contributed by atoms with Crippen LogP contribution >= 0.6 is 0 Å². The van der Waals surface area contributed by atoms with Gasteiger partial charge in [-0.2, -0.15) is 5.26 Å². The number of carbonyl (C=O) groups excluding carboxylic acids is 2. The van der Waals surface area contributed by atoms with Crippen molar-refractivity contribution in [2.24, 2.45) is 0 Å². The summed E-state index contributed by atoms with van der Waals surface area (Å²) in [5, 5.41) is 12.6. The number of hydrogen-bond acceptors (Lipinski definition) is 7. The molecule has 1 aromatic heterocycles. The highest BCUT2D eigenvalue weighted by molar-refractivity contribution is 5.82. The van der Waals surface area contributed by atoms with Crippen LogP contribution in [-0.4, -0.2) is 75.3 Å². The van der Waals surface area contributed by atoms with E-state index in [1.807, 2.05) is 18.2 Å². The lowest BCUT2D eigenvalue weighted by molar-refractivity contribution is -0.146. The fourth-order valence-electron chi connectivity index (χ4n) is 3.18. The predicted molar refractivity (Wildman–Crippen MR) is 94.3 cm³/mol. The number of benzene rings is 1. The van der Waals surface area contributed by atoms with Crippen molar-refractivity contribution in [1.82, 2.24) is 24.6 Å². The average Bonchev–Trinajstić information content (AvgIpc) is 3.20. The van der Waals surface area contributed by atoms with E-state index in [1.165, 1.54) is 11.0 Å². The van der Waals surface area contributed by atoms with Gasteiger partial charge in [-0.05, 0) is 12.1 Å². The zero-order chi connectivity index (χ0) is 19.5. The molecule has 10 nitrogen and oxygen atoms in total. The zero-order valence-electron chi connectivity index (χ0n) is 15.0. The number of rotatable bonds is 3. The van der Waals surface area contributed by atoms with E-state index >= 15 is 0 Å². The van der Waals surface area contributed by atoms with Gasteiger partial charge in [0.25, 0.3) is 11.7 Å². The topological polar surface area (TPSA) is 114 Å². The van der Waals surface area contributed by atoms with Crippen LogP contribution in [0.1, 0.15) is 5.82 Å². The third-order valence-corrected chi connectivity index (χ3v) is 4.66. The highest BCUT2D eigenvalue weighted by atomic mass is 16.6. The van der Waals surface area contributed by atoms with Gasteiger partial charge in [-0.15, -0.1) is 5.10 Å². The first-order valence-corrected chi connectivity index (χ1v) is 8.88. The third kappa shape index (κ3) is 3.59. The molecule has 1 atom stereocenters. The van der Waals surface area contributed by atoms with Gasteiger partial charge in [0.15, 0.2) is 11.5 Å². The normalized spacial score (nSPS) is 18.5. The van der Waals surface area contributed by atoms with Crippen molar-refractivity contribution in [3.05, 3.63) is 36.4 Å². The van der Waals surface area contributed by atoms with E-state index in [2.05, 4.69) is 10.1 Å². The highest BCUT2D eigenvalue weighted by Crippen LogP contribution is 2.31. The molecule has 28 heavy (non-hydrogen) atoms. The van der Waals surface area contributed by atoms with Gasteiger partial charge in [-0.1, -0.05) is 12.1 Å². The summed E-state index contributed by atoms with van der Waals surface area (Å²) in [7, 11) is 0. The maximum atomic E-state index is 12.7. The lowest BCUT2D eigenvalue weighted by Crippen LogP contribution is -2.55. The van der Waals surface area contributed by atoms with Crippen molar-refractivity contribution in [3.63, 3.8) is 0 Å². The number of carbonyl (C=O) groups is 2. The van der Waals surface area contributed by atoms with Gasteiger partial charge in [-0.3, -0.25) is 9.59 Å². The smallest absolute Gasteiger partial charge is 0.267 e. The maximum Gasteiger partial charge on any atom is 0.267 e. The van der Waals surface area contributed by atoms with Crippen LogP contribution in [0.4, 0.5) is 0 Å². The Morgan fingerprint density at radius 1 is 1.14 bits per heavy atom. The SMILES string of the molecule is N#Cc1ncn(CC(=O)N2CCN(C(=O)C3COc4ccccc4O3)CC2)n1. The van der Waals surface area contributed by atoms with Crippen LogP contribution in [0.15, 0.2) is 30.6 Å². The number of para-hydroxylation sites is 2. The number of ether oxygens (including phenoxy) is 2. The molecule has 2 amide bonds. The molecule has 144 valence electrons. The first kappa shape index (κ1) is 17.8. The molecule has 1 saturated heterocycles. The second-order valence-electron chi connectivity index (χ2n) is 6.45. The van der Waals surface area contributed by atoms with Gasteiger partial charge in [0.05, 0.1) is 0 Å². The standard InChI is InChI=1S/C18H18N6O4/c19-9-16-20-12-24(21-16)10-17(25)22-5-7-23(8-6-22)18(26)15-11-27-13-3-1-2-4-14(13)28-15/h1-4,12,15H,5-8,10-11H2. The van der Waals surface area contributed by atoms with Gasteiger partial charge in [0, 0.05) is 26.2 Å². The van der Waals surface area contributed by atoms with E-state index in [-0.39, 0.29) is 30.8 Å². The molecular weight excluding hydrogens is 364 g/mol. The lowest BCUT2D eigenvalue weighted by Gasteiger charge is -2.37. The summed E-state index contributed by atoms with van der Waals surface area (Å²) in [5.74, 6) is 0.948. The molecule has 2 aromatic rings.